The van der Waals surface area contributed by atoms with Crippen molar-refractivity contribution in [2.45, 2.75) is 13.1 Å². The summed E-state index contributed by atoms with van der Waals surface area (Å²) in [5, 5.41) is 9.13. The first-order valence-corrected chi connectivity index (χ1v) is 3.89. The van der Waals surface area contributed by atoms with E-state index in [2.05, 4.69) is 4.74 Å². The molecule has 0 unspecified atom stereocenters. The van der Waals surface area contributed by atoms with Crippen LogP contribution in [0.4, 0.5) is 13.2 Å². The Labute approximate surface area is 83.1 Å². The smallest absolute Gasteiger partial charge is 0.416 e. The minimum Gasteiger partial charge on any atom is -0.504 e. The maximum atomic E-state index is 12.1. The van der Waals surface area contributed by atoms with Gasteiger partial charge in [0.15, 0.2) is 11.5 Å². The van der Waals surface area contributed by atoms with Crippen LogP contribution in [0.25, 0.3) is 0 Å². The third kappa shape index (κ3) is 2.87. The molecular weight excluding hydrogens is 213 g/mol. The highest BCUT2D eigenvalue weighted by Crippen LogP contribution is 2.35. The van der Waals surface area contributed by atoms with E-state index in [9.17, 15) is 18.0 Å². The molecule has 0 aliphatic carbocycles. The van der Waals surface area contributed by atoms with Crippen molar-refractivity contribution in [2.24, 2.45) is 0 Å². The number of hydrogen-bond acceptors (Lipinski definition) is 3. The largest absolute Gasteiger partial charge is 0.504 e. The van der Waals surface area contributed by atoms with E-state index in [-0.39, 0.29) is 5.75 Å². The number of esters is 1. The first-order chi connectivity index (χ1) is 6.80. The molecular formula is C9H7F3O3. The Morgan fingerprint density at radius 2 is 2.00 bits per heavy atom. The number of aromatic hydroxyl groups is 1. The topological polar surface area (TPSA) is 46.5 Å². The summed E-state index contributed by atoms with van der Waals surface area (Å²) in [4.78, 5) is 10.5. The van der Waals surface area contributed by atoms with Crippen LogP contribution in [0.15, 0.2) is 18.2 Å². The highest BCUT2D eigenvalue weighted by atomic mass is 19.4. The molecule has 0 aliphatic heterocycles. The molecule has 0 spiro atoms. The molecule has 1 rings (SSSR count). The van der Waals surface area contributed by atoms with E-state index in [0.29, 0.717) is 6.07 Å². The second-order valence-corrected chi connectivity index (χ2v) is 2.77. The zero-order valence-corrected chi connectivity index (χ0v) is 7.63. The maximum absolute atomic E-state index is 12.1. The maximum Gasteiger partial charge on any atom is 0.416 e. The van der Waals surface area contributed by atoms with Crippen LogP contribution in [-0.2, 0) is 11.0 Å². The Morgan fingerprint density at radius 3 is 2.40 bits per heavy atom. The second kappa shape index (κ2) is 3.80. The average Bonchev–Trinajstić information content (AvgIpc) is 2.05. The lowest BCUT2D eigenvalue weighted by atomic mass is 10.2. The molecule has 1 aromatic rings. The fourth-order valence-electron chi connectivity index (χ4n) is 0.935. The van der Waals surface area contributed by atoms with Gasteiger partial charge in [0.25, 0.3) is 0 Å². The van der Waals surface area contributed by atoms with Gasteiger partial charge in [0.2, 0.25) is 0 Å². The van der Waals surface area contributed by atoms with E-state index in [1.807, 2.05) is 0 Å². The summed E-state index contributed by atoms with van der Waals surface area (Å²) in [5.74, 6) is -1.74. The number of alkyl halides is 3. The van der Waals surface area contributed by atoms with E-state index in [0.717, 1.165) is 19.1 Å². The normalized spacial score (nSPS) is 11.2. The van der Waals surface area contributed by atoms with Gasteiger partial charge in [0, 0.05) is 6.92 Å². The third-order valence-corrected chi connectivity index (χ3v) is 1.54. The summed E-state index contributed by atoms with van der Waals surface area (Å²) in [7, 11) is 0. The molecule has 0 saturated carbocycles. The van der Waals surface area contributed by atoms with Crippen LogP contribution in [0.5, 0.6) is 11.5 Å². The number of phenolic OH excluding ortho intramolecular Hbond substituents is 1. The van der Waals surface area contributed by atoms with Crippen LogP contribution in [0, 0.1) is 0 Å². The van der Waals surface area contributed by atoms with Gasteiger partial charge >= 0.3 is 12.1 Å². The van der Waals surface area contributed by atoms with E-state index in [1.54, 1.807) is 0 Å². The molecule has 0 bridgehead atoms. The van der Waals surface area contributed by atoms with E-state index < -0.39 is 23.5 Å². The van der Waals surface area contributed by atoms with Gasteiger partial charge < -0.3 is 9.84 Å². The lowest BCUT2D eigenvalue weighted by molar-refractivity contribution is -0.137. The summed E-state index contributed by atoms with van der Waals surface area (Å²) in [6.07, 6.45) is -4.54. The fraction of sp³-hybridized carbons (Fsp3) is 0.222. The summed E-state index contributed by atoms with van der Waals surface area (Å²) in [6, 6.07) is 2.11. The van der Waals surface area contributed by atoms with E-state index >= 15 is 0 Å². The van der Waals surface area contributed by atoms with Crippen molar-refractivity contribution in [3.63, 3.8) is 0 Å². The Hall–Kier alpha value is -1.72. The molecule has 0 amide bonds. The first-order valence-electron chi connectivity index (χ1n) is 3.89. The van der Waals surface area contributed by atoms with Crippen LogP contribution in [0.2, 0.25) is 0 Å². The van der Waals surface area contributed by atoms with E-state index in [4.69, 9.17) is 5.11 Å². The summed E-state index contributed by atoms with van der Waals surface area (Å²) in [5.41, 5.74) is -1.00. The minimum absolute atomic E-state index is 0.296. The number of rotatable bonds is 1. The number of hydrogen-bond donors (Lipinski definition) is 1. The van der Waals surface area contributed by atoms with Gasteiger partial charge in [0.1, 0.15) is 0 Å². The molecule has 0 saturated heterocycles. The van der Waals surface area contributed by atoms with Crippen LogP contribution < -0.4 is 4.74 Å². The van der Waals surface area contributed by atoms with E-state index in [1.165, 1.54) is 0 Å². The van der Waals surface area contributed by atoms with Gasteiger partial charge in [-0.05, 0) is 18.2 Å². The zero-order chi connectivity index (χ0) is 11.6. The zero-order valence-electron chi connectivity index (χ0n) is 7.63. The molecule has 0 radical (unpaired) electrons. The Kier molecular flexibility index (Phi) is 2.88. The van der Waals surface area contributed by atoms with Gasteiger partial charge in [-0.3, -0.25) is 4.79 Å². The minimum atomic E-state index is -4.54. The number of carbonyl (C=O) groups excluding carboxylic acids is 1. The molecule has 1 aromatic carbocycles. The van der Waals surface area contributed by atoms with Crippen molar-refractivity contribution < 1.29 is 27.8 Å². The standard InChI is InChI=1S/C9H7F3O3/c1-5(13)15-8-3-2-6(4-7(8)14)9(10,11)12/h2-4,14H,1H3. The Bertz CT molecular complexity index is 385. The Morgan fingerprint density at radius 1 is 1.40 bits per heavy atom. The molecule has 6 heteroatoms. The molecule has 0 aromatic heterocycles. The van der Waals surface area contributed by atoms with Gasteiger partial charge in [-0.15, -0.1) is 0 Å². The fourth-order valence-corrected chi connectivity index (χ4v) is 0.935. The summed E-state index contributed by atoms with van der Waals surface area (Å²) in [6.45, 7) is 1.08. The Balaban J connectivity index is 3.03. The molecule has 0 heterocycles. The summed E-state index contributed by atoms with van der Waals surface area (Å²) < 4.78 is 40.9. The van der Waals surface area contributed by atoms with Crippen molar-refractivity contribution in [3.05, 3.63) is 23.8 Å². The van der Waals surface area contributed by atoms with Gasteiger partial charge in [-0.2, -0.15) is 13.2 Å². The van der Waals surface area contributed by atoms with Crippen LogP contribution in [-0.4, -0.2) is 11.1 Å². The number of phenols is 1. The number of ether oxygens (including phenoxy) is 1. The van der Waals surface area contributed by atoms with Crippen molar-refractivity contribution in [1.29, 1.82) is 0 Å². The molecule has 1 N–H and O–H groups in total. The van der Waals surface area contributed by atoms with Crippen LogP contribution in [0.3, 0.4) is 0 Å². The first kappa shape index (κ1) is 11.4. The van der Waals surface area contributed by atoms with Crippen molar-refractivity contribution in [1.82, 2.24) is 0 Å². The van der Waals surface area contributed by atoms with Crippen molar-refractivity contribution >= 4 is 5.97 Å². The highest BCUT2D eigenvalue weighted by Gasteiger charge is 2.31. The van der Waals surface area contributed by atoms with Crippen LogP contribution in [0.1, 0.15) is 12.5 Å². The van der Waals surface area contributed by atoms with Crippen molar-refractivity contribution in [3.8, 4) is 11.5 Å². The van der Waals surface area contributed by atoms with Crippen LogP contribution >= 0.6 is 0 Å². The van der Waals surface area contributed by atoms with Gasteiger partial charge in [0.05, 0.1) is 5.56 Å². The average molecular weight is 220 g/mol. The second-order valence-electron chi connectivity index (χ2n) is 2.77. The SMILES string of the molecule is CC(=O)Oc1ccc(C(F)(F)F)cc1O. The predicted octanol–water partition coefficient (Wildman–Crippen LogP) is 2.34. The molecule has 0 atom stereocenters. The van der Waals surface area contributed by atoms with Gasteiger partial charge in [-0.1, -0.05) is 0 Å². The number of carbonyl (C=O) groups is 1. The number of benzene rings is 1. The third-order valence-electron chi connectivity index (χ3n) is 1.54. The van der Waals surface area contributed by atoms with Crippen molar-refractivity contribution in [2.75, 3.05) is 0 Å². The molecule has 82 valence electrons. The summed E-state index contributed by atoms with van der Waals surface area (Å²) >= 11 is 0. The molecule has 3 nitrogen and oxygen atoms in total. The predicted molar refractivity (Wildman–Crippen MR) is 44.4 cm³/mol. The molecule has 15 heavy (non-hydrogen) atoms. The lowest BCUT2D eigenvalue weighted by Crippen LogP contribution is -2.06. The monoisotopic (exact) mass is 220 g/mol. The molecule has 0 aliphatic rings. The molecule has 0 fully saturated rings. The van der Waals surface area contributed by atoms with Gasteiger partial charge in [-0.25, -0.2) is 0 Å². The lowest BCUT2D eigenvalue weighted by Gasteiger charge is -2.09. The quantitative estimate of drug-likeness (QED) is 0.583. The number of halogens is 3. The highest BCUT2D eigenvalue weighted by molar-refractivity contribution is 5.70.